The van der Waals surface area contributed by atoms with Crippen LogP contribution in [0, 0.1) is 0 Å². The molecule has 1 aromatic heterocycles. The van der Waals surface area contributed by atoms with Gasteiger partial charge in [-0.05, 0) is 24.1 Å². The molecule has 1 N–H and O–H groups in total. The Bertz CT molecular complexity index is 595. The van der Waals surface area contributed by atoms with E-state index in [4.69, 9.17) is 0 Å². The fourth-order valence-corrected chi connectivity index (χ4v) is 2.78. The zero-order chi connectivity index (χ0) is 13.9. The highest BCUT2D eigenvalue weighted by atomic mass is 16.4. The van der Waals surface area contributed by atoms with Gasteiger partial charge in [-0.2, -0.15) is 5.10 Å². The summed E-state index contributed by atoms with van der Waals surface area (Å²) in [5.74, 6) is -1.11. The molecule has 1 unspecified atom stereocenters. The van der Waals surface area contributed by atoms with E-state index in [0.29, 0.717) is 6.42 Å². The van der Waals surface area contributed by atoms with Crippen LogP contribution in [0.5, 0.6) is 0 Å². The summed E-state index contributed by atoms with van der Waals surface area (Å²) < 4.78 is 1.89. The van der Waals surface area contributed by atoms with Crippen LogP contribution in [0.15, 0.2) is 42.7 Å². The summed E-state index contributed by atoms with van der Waals surface area (Å²) in [7, 11) is 0. The fourth-order valence-electron chi connectivity index (χ4n) is 2.78. The van der Waals surface area contributed by atoms with Crippen molar-refractivity contribution in [1.29, 1.82) is 0 Å². The summed E-state index contributed by atoms with van der Waals surface area (Å²) in [6.07, 6.45) is 4.37. The van der Waals surface area contributed by atoms with Gasteiger partial charge in [0.15, 0.2) is 0 Å². The van der Waals surface area contributed by atoms with E-state index in [2.05, 4.69) is 10.00 Å². The van der Waals surface area contributed by atoms with Crippen molar-refractivity contribution in [3.8, 4) is 0 Å². The number of rotatable bonds is 4. The number of nitrogens with zero attached hydrogens (tertiary/aromatic N) is 3. The zero-order valence-electron chi connectivity index (χ0n) is 11.1. The van der Waals surface area contributed by atoms with E-state index in [-0.39, 0.29) is 5.92 Å². The van der Waals surface area contributed by atoms with Crippen molar-refractivity contribution in [3.63, 3.8) is 0 Å². The molecule has 0 fully saturated rings. The molecule has 0 bridgehead atoms. The number of aromatic nitrogens is 2. The standard InChI is InChI=1S/C15H17N3O2/c19-15(20)13-6-9-17(10-11-18-8-3-7-16-18)14-5-2-1-4-12(13)14/h1-5,7-8,13H,6,9-11H2,(H,19,20). The number of fused-ring (bicyclic) bond motifs is 1. The van der Waals surface area contributed by atoms with Crippen LogP contribution in [0.25, 0.3) is 0 Å². The number of carboxylic acids is 1. The van der Waals surface area contributed by atoms with Crippen LogP contribution < -0.4 is 4.90 Å². The van der Waals surface area contributed by atoms with E-state index >= 15 is 0 Å². The Morgan fingerprint density at radius 3 is 2.90 bits per heavy atom. The van der Waals surface area contributed by atoms with E-state index in [1.165, 1.54) is 0 Å². The van der Waals surface area contributed by atoms with Crippen molar-refractivity contribution < 1.29 is 9.90 Å². The van der Waals surface area contributed by atoms with Crippen molar-refractivity contribution in [2.75, 3.05) is 18.0 Å². The molecule has 0 spiro atoms. The molecule has 1 atom stereocenters. The molecule has 2 heterocycles. The van der Waals surface area contributed by atoms with Gasteiger partial charge in [0.2, 0.25) is 0 Å². The van der Waals surface area contributed by atoms with Crippen LogP contribution in [0.3, 0.4) is 0 Å². The lowest BCUT2D eigenvalue weighted by atomic mass is 9.90. The lowest BCUT2D eigenvalue weighted by Gasteiger charge is -2.34. The Morgan fingerprint density at radius 2 is 2.15 bits per heavy atom. The van der Waals surface area contributed by atoms with Crippen molar-refractivity contribution in [2.45, 2.75) is 18.9 Å². The van der Waals surface area contributed by atoms with E-state index < -0.39 is 5.97 Å². The molecule has 0 aliphatic carbocycles. The van der Waals surface area contributed by atoms with Crippen molar-refractivity contribution in [3.05, 3.63) is 48.3 Å². The normalized spacial score (nSPS) is 17.8. The van der Waals surface area contributed by atoms with E-state index in [1.54, 1.807) is 6.20 Å². The third kappa shape index (κ3) is 2.39. The van der Waals surface area contributed by atoms with E-state index in [0.717, 1.165) is 30.9 Å². The second kappa shape index (κ2) is 5.36. The number of hydrogen-bond acceptors (Lipinski definition) is 3. The molecule has 0 radical (unpaired) electrons. The second-order valence-electron chi connectivity index (χ2n) is 4.99. The molecule has 104 valence electrons. The Morgan fingerprint density at radius 1 is 1.30 bits per heavy atom. The molecule has 1 aliphatic rings. The summed E-state index contributed by atoms with van der Waals surface area (Å²) in [6.45, 7) is 2.42. The highest BCUT2D eigenvalue weighted by Crippen LogP contribution is 2.35. The third-order valence-electron chi connectivity index (χ3n) is 3.80. The molecule has 2 aromatic rings. The molecule has 5 heteroatoms. The highest BCUT2D eigenvalue weighted by Gasteiger charge is 2.29. The Kier molecular flexibility index (Phi) is 3.41. The molecule has 5 nitrogen and oxygen atoms in total. The van der Waals surface area contributed by atoms with Crippen LogP contribution in [0.1, 0.15) is 17.9 Å². The minimum Gasteiger partial charge on any atom is -0.481 e. The summed E-state index contributed by atoms with van der Waals surface area (Å²) in [5, 5.41) is 13.5. The van der Waals surface area contributed by atoms with Gasteiger partial charge in [0, 0.05) is 31.2 Å². The van der Waals surface area contributed by atoms with Crippen LogP contribution in [0.2, 0.25) is 0 Å². The molecule has 1 aromatic carbocycles. The minimum atomic E-state index is -0.732. The SMILES string of the molecule is O=C(O)C1CCN(CCn2cccn2)c2ccccc21. The number of hydrogen-bond donors (Lipinski definition) is 1. The van der Waals surface area contributed by atoms with Crippen LogP contribution >= 0.6 is 0 Å². The predicted octanol–water partition coefficient (Wildman–Crippen LogP) is 1.96. The van der Waals surface area contributed by atoms with E-state index in [1.807, 2.05) is 41.2 Å². The van der Waals surface area contributed by atoms with Crippen LogP contribution in [-0.4, -0.2) is 33.9 Å². The molecular weight excluding hydrogens is 254 g/mol. The number of anilines is 1. The van der Waals surface area contributed by atoms with Gasteiger partial charge in [0.25, 0.3) is 0 Å². The lowest BCUT2D eigenvalue weighted by Crippen LogP contribution is -2.35. The number of benzene rings is 1. The summed E-state index contributed by atoms with van der Waals surface area (Å²) in [4.78, 5) is 13.6. The number of carboxylic acid groups (broad SMARTS) is 1. The van der Waals surface area contributed by atoms with Crippen molar-refractivity contribution in [1.82, 2.24) is 9.78 Å². The summed E-state index contributed by atoms with van der Waals surface area (Å²) >= 11 is 0. The Balaban J connectivity index is 1.80. The number of para-hydroxylation sites is 1. The molecule has 0 amide bonds. The van der Waals surface area contributed by atoms with Gasteiger partial charge in [0.05, 0.1) is 12.5 Å². The van der Waals surface area contributed by atoms with Gasteiger partial charge < -0.3 is 10.0 Å². The maximum Gasteiger partial charge on any atom is 0.311 e. The average Bonchev–Trinajstić information content (AvgIpc) is 2.97. The molecule has 0 saturated carbocycles. The first kappa shape index (κ1) is 12.7. The first-order valence-electron chi connectivity index (χ1n) is 6.80. The van der Waals surface area contributed by atoms with Gasteiger partial charge in [-0.15, -0.1) is 0 Å². The van der Waals surface area contributed by atoms with Crippen molar-refractivity contribution >= 4 is 11.7 Å². The largest absolute Gasteiger partial charge is 0.481 e. The molecule has 0 saturated heterocycles. The monoisotopic (exact) mass is 271 g/mol. The van der Waals surface area contributed by atoms with Gasteiger partial charge in [0.1, 0.15) is 0 Å². The Hall–Kier alpha value is -2.30. The summed E-state index contributed by atoms with van der Waals surface area (Å²) in [5.41, 5.74) is 1.96. The van der Waals surface area contributed by atoms with Crippen LogP contribution in [-0.2, 0) is 11.3 Å². The zero-order valence-corrected chi connectivity index (χ0v) is 11.1. The molecule has 1 aliphatic heterocycles. The maximum atomic E-state index is 11.3. The summed E-state index contributed by atoms with van der Waals surface area (Å²) in [6, 6.07) is 9.71. The van der Waals surface area contributed by atoms with Gasteiger partial charge in [-0.25, -0.2) is 0 Å². The second-order valence-corrected chi connectivity index (χ2v) is 4.99. The van der Waals surface area contributed by atoms with E-state index in [9.17, 15) is 9.90 Å². The molecule has 20 heavy (non-hydrogen) atoms. The molecular formula is C15H17N3O2. The number of carbonyl (C=O) groups is 1. The first-order valence-corrected chi connectivity index (χ1v) is 6.80. The third-order valence-corrected chi connectivity index (χ3v) is 3.80. The van der Waals surface area contributed by atoms with Gasteiger partial charge in [-0.1, -0.05) is 18.2 Å². The van der Waals surface area contributed by atoms with Crippen LogP contribution in [0.4, 0.5) is 5.69 Å². The van der Waals surface area contributed by atoms with Gasteiger partial charge in [-0.3, -0.25) is 9.48 Å². The lowest BCUT2D eigenvalue weighted by molar-refractivity contribution is -0.139. The van der Waals surface area contributed by atoms with Gasteiger partial charge >= 0.3 is 5.97 Å². The fraction of sp³-hybridized carbons (Fsp3) is 0.333. The topological polar surface area (TPSA) is 58.4 Å². The average molecular weight is 271 g/mol. The molecule has 3 rings (SSSR count). The predicted molar refractivity (Wildman–Crippen MR) is 75.9 cm³/mol. The quantitative estimate of drug-likeness (QED) is 0.923. The smallest absolute Gasteiger partial charge is 0.311 e. The highest BCUT2D eigenvalue weighted by molar-refractivity contribution is 5.80. The number of aliphatic carboxylic acids is 1. The minimum absolute atomic E-state index is 0.382. The Labute approximate surface area is 117 Å². The van der Waals surface area contributed by atoms with Crippen molar-refractivity contribution in [2.24, 2.45) is 0 Å². The maximum absolute atomic E-state index is 11.3. The first-order chi connectivity index (χ1) is 9.75.